The maximum Gasteiger partial charge on any atom is 0.271 e. The number of halogens is 1. The number of carbonyl (C=O) groups is 1. The second kappa shape index (κ2) is 11.1. The van der Waals surface area contributed by atoms with E-state index in [4.69, 9.17) is 25.7 Å². The molecule has 0 radical (unpaired) electrons. The molecule has 7 nitrogen and oxygen atoms in total. The molecule has 204 valence electrons. The Labute approximate surface area is 244 Å². The Bertz CT molecular complexity index is 1970. The van der Waals surface area contributed by atoms with E-state index in [1.807, 2.05) is 78.9 Å². The van der Waals surface area contributed by atoms with Gasteiger partial charge in [0.05, 0.1) is 29.0 Å². The molecule has 0 aliphatic carbocycles. The third-order valence-corrected chi connectivity index (χ3v) is 7.96. The summed E-state index contributed by atoms with van der Waals surface area (Å²) in [4.78, 5) is 32.8. The van der Waals surface area contributed by atoms with Gasteiger partial charge in [0.15, 0.2) is 4.80 Å². The number of hydrogen-bond acceptors (Lipinski definition) is 6. The van der Waals surface area contributed by atoms with Crippen LogP contribution in [0, 0.1) is 0 Å². The number of methoxy groups -OCH3 is 1. The quantitative estimate of drug-likeness (QED) is 0.275. The number of hydrogen-bond donors (Lipinski definition) is 1. The van der Waals surface area contributed by atoms with E-state index in [1.165, 1.54) is 11.3 Å². The molecule has 0 spiro atoms. The molecule has 9 heteroatoms. The fourth-order valence-electron chi connectivity index (χ4n) is 4.79. The zero-order chi connectivity index (χ0) is 28.5. The summed E-state index contributed by atoms with van der Waals surface area (Å²) in [6, 6.07) is 26.9. The first-order valence-corrected chi connectivity index (χ1v) is 14.0. The van der Waals surface area contributed by atoms with Crippen LogP contribution in [-0.4, -0.2) is 17.6 Å². The van der Waals surface area contributed by atoms with Crippen LogP contribution in [0.4, 0.5) is 5.69 Å². The summed E-state index contributed by atoms with van der Waals surface area (Å²) in [5.74, 6) is 1.50. The van der Waals surface area contributed by atoms with Gasteiger partial charge in [0.2, 0.25) is 0 Å². The molecule has 2 aromatic heterocycles. The van der Waals surface area contributed by atoms with Crippen molar-refractivity contribution >= 4 is 40.6 Å². The zero-order valence-electron chi connectivity index (χ0n) is 22.1. The average molecular weight is 582 g/mol. The highest BCUT2D eigenvalue weighted by atomic mass is 35.5. The van der Waals surface area contributed by atoms with Gasteiger partial charge in [-0.15, -0.1) is 0 Å². The number of carbonyl (C=O) groups excluding carboxylic acids is 1. The van der Waals surface area contributed by atoms with Crippen LogP contribution in [0.3, 0.4) is 0 Å². The second-order valence-electron chi connectivity index (χ2n) is 9.39. The molecule has 0 saturated carbocycles. The lowest BCUT2D eigenvalue weighted by Gasteiger charge is -2.25. The monoisotopic (exact) mass is 581 g/mol. The van der Waals surface area contributed by atoms with Gasteiger partial charge >= 0.3 is 0 Å². The number of rotatable bonds is 6. The van der Waals surface area contributed by atoms with Gasteiger partial charge in [-0.1, -0.05) is 65.4 Å². The highest BCUT2D eigenvalue weighted by Gasteiger charge is 2.32. The van der Waals surface area contributed by atoms with Gasteiger partial charge in [-0.25, -0.2) is 4.99 Å². The van der Waals surface area contributed by atoms with Crippen LogP contribution in [0.5, 0.6) is 5.75 Å². The molecule has 1 atom stereocenters. The van der Waals surface area contributed by atoms with E-state index < -0.39 is 6.04 Å². The summed E-state index contributed by atoms with van der Waals surface area (Å²) >= 11 is 7.39. The number of furan rings is 1. The van der Waals surface area contributed by atoms with Crippen LogP contribution in [-0.2, 0) is 4.79 Å². The Morgan fingerprint density at radius 3 is 2.56 bits per heavy atom. The minimum atomic E-state index is -0.693. The molecule has 1 amide bonds. The van der Waals surface area contributed by atoms with E-state index in [2.05, 4.69) is 5.32 Å². The number of thiazole rings is 1. The van der Waals surface area contributed by atoms with Crippen molar-refractivity contribution in [1.82, 2.24) is 4.57 Å². The molecule has 1 unspecified atom stereocenters. The summed E-state index contributed by atoms with van der Waals surface area (Å²) < 4.78 is 13.4. The SMILES string of the molecule is COc1ccc(C2C(C(=O)Nc3ccccc3)=C(C)N=c3s/c(=C/c4ccc(-c5cccc(Cl)c5)o4)c(=O)n32)cc1. The first-order valence-electron chi connectivity index (χ1n) is 12.8. The van der Waals surface area contributed by atoms with Crippen molar-refractivity contribution in [2.75, 3.05) is 12.4 Å². The lowest BCUT2D eigenvalue weighted by atomic mass is 9.95. The third-order valence-electron chi connectivity index (χ3n) is 6.74. The highest BCUT2D eigenvalue weighted by molar-refractivity contribution is 7.07. The predicted molar refractivity (Wildman–Crippen MR) is 161 cm³/mol. The molecule has 0 fully saturated rings. The van der Waals surface area contributed by atoms with Gasteiger partial charge in [0, 0.05) is 22.3 Å². The molecule has 5 aromatic rings. The number of nitrogens with zero attached hydrogens (tertiary/aromatic N) is 2. The molecule has 3 heterocycles. The standard InChI is InChI=1S/C32H24ClN3O4S/c1-19-28(30(37)35-23-9-4-3-5-10-23)29(20-11-13-24(39-2)14-12-20)36-31(38)27(41-32(36)34-19)18-25-15-16-26(40-25)21-7-6-8-22(33)17-21/h3-18,29H,1-2H3,(H,35,37)/b27-18+. The van der Waals surface area contributed by atoms with Gasteiger partial charge in [0.25, 0.3) is 11.5 Å². The van der Waals surface area contributed by atoms with Gasteiger partial charge in [-0.2, -0.15) is 0 Å². The fourth-order valence-corrected chi connectivity index (χ4v) is 6.01. The Kier molecular flexibility index (Phi) is 7.17. The number of allylic oxidation sites excluding steroid dienone is 1. The number of ether oxygens (including phenoxy) is 1. The summed E-state index contributed by atoms with van der Waals surface area (Å²) in [6.45, 7) is 1.79. The maximum absolute atomic E-state index is 13.9. The van der Waals surface area contributed by atoms with E-state index in [9.17, 15) is 9.59 Å². The van der Waals surface area contributed by atoms with Gasteiger partial charge in [-0.3, -0.25) is 14.2 Å². The Morgan fingerprint density at radius 2 is 1.83 bits per heavy atom. The fraction of sp³-hybridized carbons (Fsp3) is 0.0938. The second-order valence-corrected chi connectivity index (χ2v) is 10.8. The van der Waals surface area contributed by atoms with Crippen molar-refractivity contribution in [3.05, 3.63) is 138 Å². The van der Waals surface area contributed by atoms with Crippen LogP contribution in [0.2, 0.25) is 5.02 Å². The van der Waals surface area contributed by atoms with E-state index >= 15 is 0 Å². The topological polar surface area (TPSA) is 85.8 Å². The van der Waals surface area contributed by atoms with E-state index in [-0.39, 0.29) is 11.5 Å². The molecule has 6 rings (SSSR count). The number of para-hydroxylation sites is 1. The van der Waals surface area contributed by atoms with Crippen molar-refractivity contribution < 1.29 is 13.9 Å². The lowest BCUT2D eigenvalue weighted by molar-refractivity contribution is -0.113. The van der Waals surface area contributed by atoms with Crippen LogP contribution >= 0.6 is 22.9 Å². The normalized spacial score (nSPS) is 14.9. The van der Waals surface area contributed by atoms with Crippen molar-refractivity contribution in [3.8, 4) is 17.1 Å². The van der Waals surface area contributed by atoms with E-state index in [0.29, 0.717) is 48.6 Å². The number of anilines is 1. The number of fused-ring (bicyclic) bond motifs is 1. The number of amides is 1. The molecule has 3 aromatic carbocycles. The van der Waals surface area contributed by atoms with Crippen LogP contribution < -0.4 is 24.9 Å². The minimum Gasteiger partial charge on any atom is -0.497 e. The van der Waals surface area contributed by atoms with E-state index in [1.54, 1.807) is 36.8 Å². The Morgan fingerprint density at radius 1 is 1.05 bits per heavy atom. The molecule has 0 bridgehead atoms. The largest absolute Gasteiger partial charge is 0.497 e. The Hall–Kier alpha value is -4.66. The predicted octanol–water partition coefficient (Wildman–Crippen LogP) is 5.80. The number of nitrogens with one attached hydrogen (secondary N) is 1. The highest BCUT2D eigenvalue weighted by Crippen LogP contribution is 2.32. The van der Waals surface area contributed by atoms with Gasteiger partial charge in [0.1, 0.15) is 17.3 Å². The molecule has 41 heavy (non-hydrogen) atoms. The molecule has 0 saturated heterocycles. The van der Waals surface area contributed by atoms with Crippen LogP contribution in [0.15, 0.2) is 116 Å². The molecule has 1 N–H and O–H groups in total. The van der Waals surface area contributed by atoms with E-state index in [0.717, 1.165) is 11.1 Å². The minimum absolute atomic E-state index is 0.271. The molecule has 1 aliphatic rings. The van der Waals surface area contributed by atoms with Crippen molar-refractivity contribution in [1.29, 1.82) is 0 Å². The van der Waals surface area contributed by atoms with Gasteiger partial charge in [-0.05, 0) is 61.0 Å². The number of benzene rings is 3. The maximum atomic E-state index is 13.9. The summed E-state index contributed by atoms with van der Waals surface area (Å²) in [7, 11) is 1.59. The molecular weight excluding hydrogens is 558 g/mol. The molecule has 1 aliphatic heterocycles. The number of aromatic nitrogens is 1. The van der Waals surface area contributed by atoms with Crippen molar-refractivity contribution in [3.63, 3.8) is 0 Å². The average Bonchev–Trinajstić information content (AvgIpc) is 3.57. The third kappa shape index (κ3) is 5.27. The van der Waals surface area contributed by atoms with Crippen molar-refractivity contribution in [2.45, 2.75) is 13.0 Å². The summed E-state index contributed by atoms with van der Waals surface area (Å²) in [6.07, 6.45) is 1.70. The summed E-state index contributed by atoms with van der Waals surface area (Å²) in [5.41, 5.74) is 2.90. The van der Waals surface area contributed by atoms with Gasteiger partial charge < -0.3 is 14.5 Å². The van der Waals surface area contributed by atoms with Crippen LogP contribution in [0.1, 0.15) is 24.3 Å². The van der Waals surface area contributed by atoms with Crippen LogP contribution in [0.25, 0.3) is 17.4 Å². The first kappa shape index (κ1) is 26.6. The zero-order valence-corrected chi connectivity index (χ0v) is 23.7. The molecular formula is C32H24ClN3O4S. The first-order chi connectivity index (χ1) is 19.9. The smallest absolute Gasteiger partial charge is 0.271 e. The lowest BCUT2D eigenvalue weighted by Crippen LogP contribution is -2.40. The summed E-state index contributed by atoms with van der Waals surface area (Å²) in [5, 5.41) is 3.56. The van der Waals surface area contributed by atoms with Crippen molar-refractivity contribution in [2.24, 2.45) is 4.99 Å². The Balaban J connectivity index is 1.45.